The van der Waals surface area contributed by atoms with Crippen LogP contribution in [0, 0.1) is 0 Å². The van der Waals surface area contributed by atoms with E-state index in [0.29, 0.717) is 11.3 Å². The Morgan fingerprint density at radius 3 is 2.42 bits per heavy atom. The number of benzene rings is 2. The first-order chi connectivity index (χ1) is 12.2. The molecule has 26 heavy (non-hydrogen) atoms. The van der Waals surface area contributed by atoms with Gasteiger partial charge in [-0.3, -0.25) is 0 Å². The Bertz CT molecular complexity index is 980. The van der Waals surface area contributed by atoms with Crippen molar-refractivity contribution in [2.24, 2.45) is 0 Å². The van der Waals surface area contributed by atoms with Crippen LogP contribution in [0.5, 0.6) is 5.75 Å². The quantitative estimate of drug-likeness (QED) is 0.739. The van der Waals surface area contributed by atoms with Gasteiger partial charge in [0.1, 0.15) is 17.4 Å². The third-order valence-electron chi connectivity index (χ3n) is 4.52. The summed E-state index contributed by atoms with van der Waals surface area (Å²) in [7, 11) is -3.66. The zero-order valence-corrected chi connectivity index (χ0v) is 15.8. The molecule has 1 fully saturated rings. The van der Waals surface area contributed by atoms with Gasteiger partial charge in [-0.05, 0) is 50.2 Å². The highest BCUT2D eigenvalue weighted by atomic mass is 35.5. The molecule has 1 aliphatic heterocycles. The van der Waals surface area contributed by atoms with E-state index in [1.807, 2.05) is 24.3 Å². The lowest BCUT2D eigenvalue weighted by molar-refractivity contribution is 0.164. The maximum atomic E-state index is 13.1. The van der Waals surface area contributed by atoms with Gasteiger partial charge in [0.15, 0.2) is 0 Å². The molecule has 0 atom stereocenters. The van der Waals surface area contributed by atoms with Crippen molar-refractivity contribution in [3.8, 4) is 5.75 Å². The molecule has 2 aromatic carbocycles. The van der Waals surface area contributed by atoms with Crippen LogP contribution in [0.25, 0.3) is 10.9 Å². The summed E-state index contributed by atoms with van der Waals surface area (Å²) < 4.78 is 33.6. The second-order valence-corrected chi connectivity index (χ2v) is 8.01. The van der Waals surface area contributed by atoms with Gasteiger partial charge < -0.3 is 10.1 Å². The monoisotopic (exact) mass is 392 g/mol. The Hall–Kier alpha value is -2.02. The van der Waals surface area contributed by atoms with E-state index in [1.54, 1.807) is 36.5 Å². The summed E-state index contributed by atoms with van der Waals surface area (Å²) in [5.74, 6) is 0.619. The molecule has 7 heteroatoms. The lowest BCUT2D eigenvalue weighted by Crippen LogP contribution is -2.34. The van der Waals surface area contributed by atoms with Crippen LogP contribution in [0.1, 0.15) is 12.8 Å². The summed E-state index contributed by atoms with van der Waals surface area (Å²) in [4.78, 5) is 0.268. The van der Waals surface area contributed by atoms with E-state index in [-0.39, 0.29) is 23.4 Å². The highest BCUT2D eigenvalue weighted by molar-refractivity contribution is 7.90. The van der Waals surface area contributed by atoms with Crippen molar-refractivity contribution < 1.29 is 13.2 Å². The van der Waals surface area contributed by atoms with E-state index in [9.17, 15) is 8.42 Å². The zero-order chi connectivity index (χ0) is 17.3. The maximum absolute atomic E-state index is 13.1. The first kappa shape index (κ1) is 18.8. The Morgan fingerprint density at radius 2 is 1.69 bits per heavy atom. The SMILES string of the molecule is Cl.O=S(=O)(c1ccccc1)n1ccc2cccc(OC3CCNCC3)c21. The fourth-order valence-electron chi connectivity index (χ4n) is 3.23. The van der Waals surface area contributed by atoms with Crippen molar-refractivity contribution >= 4 is 33.3 Å². The molecular formula is C19H21ClN2O3S. The van der Waals surface area contributed by atoms with Crippen LogP contribution in [0.3, 0.4) is 0 Å². The largest absolute Gasteiger partial charge is 0.488 e. The molecule has 0 bridgehead atoms. The summed E-state index contributed by atoms with van der Waals surface area (Å²) >= 11 is 0. The Kier molecular flexibility index (Phi) is 5.55. The van der Waals surface area contributed by atoms with Crippen LogP contribution >= 0.6 is 12.4 Å². The van der Waals surface area contributed by atoms with Crippen LogP contribution in [0.15, 0.2) is 65.7 Å². The number of ether oxygens (including phenoxy) is 1. The van der Waals surface area contributed by atoms with Crippen molar-refractivity contribution in [3.05, 3.63) is 60.8 Å². The number of fused-ring (bicyclic) bond motifs is 1. The summed E-state index contributed by atoms with van der Waals surface area (Å²) in [5, 5.41) is 4.16. The first-order valence-electron chi connectivity index (χ1n) is 8.44. The van der Waals surface area contributed by atoms with Gasteiger partial charge in [0.05, 0.1) is 4.90 Å². The van der Waals surface area contributed by atoms with Crippen LogP contribution in [-0.4, -0.2) is 31.6 Å². The van der Waals surface area contributed by atoms with Gasteiger partial charge in [0.2, 0.25) is 0 Å². The van der Waals surface area contributed by atoms with Crippen LogP contribution < -0.4 is 10.1 Å². The van der Waals surface area contributed by atoms with E-state index in [0.717, 1.165) is 31.3 Å². The van der Waals surface area contributed by atoms with Gasteiger partial charge in [-0.25, -0.2) is 12.4 Å². The molecule has 138 valence electrons. The number of hydrogen-bond donors (Lipinski definition) is 1. The molecule has 0 radical (unpaired) electrons. The molecule has 0 amide bonds. The van der Waals surface area contributed by atoms with Crippen molar-refractivity contribution in [2.75, 3.05) is 13.1 Å². The molecule has 1 saturated heterocycles. The van der Waals surface area contributed by atoms with Gasteiger partial charge in [0, 0.05) is 11.6 Å². The molecule has 4 rings (SSSR count). The molecule has 1 N–H and O–H groups in total. The molecule has 1 aliphatic rings. The van der Waals surface area contributed by atoms with Gasteiger partial charge >= 0.3 is 0 Å². The van der Waals surface area contributed by atoms with Crippen molar-refractivity contribution in [2.45, 2.75) is 23.8 Å². The summed E-state index contributed by atoms with van der Waals surface area (Å²) in [6.07, 6.45) is 3.54. The van der Waals surface area contributed by atoms with E-state index >= 15 is 0 Å². The second-order valence-electron chi connectivity index (χ2n) is 6.19. The predicted molar refractivity (Wildman–Crippen MR) is 105 cm³/mol. The number of hydrogen-bond acceptors (Lipinski definition) is 4. The minimum absolute atomic E-state index is 0. The maximum Gasteiger partial charge on any atom is 0.268 e. The van der Waals surface area contributed by atoms with Gasteiger partial charge in [0.25, 0.3) is 10.0 Å². The van der Waals surface area contributed by atoms with Gasteiger partial charge in [-0.15, -0.1) is 12.4 Å². The number of nitrogens with one attached hydrogen (secondary N) is 1. The number of aromatic nitrogens is 1. The van der Waals surface area contributed by atoms with E-state index in [1.165, 1.54) is 3.97 Å². The molecule has 0 aliphatic carbocycles. The lowest BCUT2D eigenvalue weighted by atomic mass is 10.1. The van der Waals surface area contributed by atoms with E-state index in [4.69, 9.17) is 4.74 Å². The standard InChI is InChI=1S/C19H20N2O3S.ClH/c22-25(23,17-6-2-1-3-7-17)21-14-11-15-5-4-8-18(19(15)21)24-16-9-12-20-13-10-16;/h1-8,11,14,16,20H,9-10,12-13H2;1H. The number of para-hydroxylation sites is 1. The van der Waals surface area contributed by atoms with Crippen molar-refractivity contribution in [1.29, 1.82) is 0 Å². The third-order valence-corrected chi connectivity index (χ3v) is 6.21. The molecule has 5 nitrogen and oxygen atoms in total. The summed E-state index contributed by atoms with van der Waals surface area (Å²) in [5.41, 5.74) is 0.602. The fourth-order valence-corrected chi connectivity index (χ4v) is 4.61. The summed E-state index contributed by atoms with van der Waals surface area (Å²) in [6.45, 7) is 1.84. The van der Waals surface area contributed by atoms with Crippen LogP contribution in [0.2, 0.25) is 0 Å². The average molecular weight is 393 g/mol. The number of piperidine rings is 1. The Labute approximate surface area is 159 Å². The second kappa shape index (κ2) is 7.70. The third kappa shape index (κ3) is 3.45. The van der Waals surface area contributed by atoms with Crippen molar-refractivity contribution in [1.82, 2.24) is 9.29 Å². The lowest BCUT2D eigenvalue weighted by Gasteiger charge is -2.24. The number of halogens is 1. The molecule has 0 saturated carbocycles. The Balaban J connectivity index is 0.00000196. The number of nitrogens with zero attached hydrogens (tertiary/aromatic N) is 1. The first-order valence-corrected chi connectivity index (χ1v) is 9.88. The number of rotatable bonds is 4. The van der Waals surface area contributed by atoms with Crippen LogP contribution in [0.4, 0.5) is 0 Å². The van der Waals surface area contributed by atoms with Gasteiger partial charge in [-0.1, -0.05) is 30.3 Å². The minimum atomic E-state index is -3.66. The van der Waals surface area contributed by atoms with E-state index in [2.05, 4.69) is 5.32 Å². The highest BCUT2D eigenvalue weighted by Gasteiger charge is 2.22. The fraction of sp³-hybridized carbons (Fsp3) is 0.263. The minimum Gasteiger partial charge on any atom is -0.488 e. The molecule has 0 unspecified atom stereocenters. The molecule has 1 aromatic heterocycles. The smallest absolute Gasteiger partial charge is 0.268 e. The van der Waals surface area contributed by atoms with Gasteiger partial charge in [-0.2, -0.15) is 0 Å². The predicted octanol–water partition coefficient (Wildman–Crippen LogP) is 3.43. The molecule has 2 heterocycles. The molecular weight excluding hydrogens is 372 g/mol. The molecule has 3 aromatic rings. The van der Waals surface area contributed by atoms with Crippen LogP contribution in [-0.2, 0) is 10.0 Å². The average Bonchev–Trinajstić information content (AvgIpc) is 3.09. The zero-order valence-electron chi connectivity index (χ0n) is 14.2. The normalized spacial score (nSPS) is 15.5. The Morgan fingerprint density at radius 1 is 0.962 bits per heavy atom. The highest BCUT2D eigenvalue weighted by Crippen LogP contribution is 2.31. The molecule has 0 spiro atoms. The topological polar surface area (TPSA) is 60.3 Å². The van der Waals surface area contributed by atoms with E-state index < -0.39 is 10.0 Å². The summed E-state index contributed by atoms with van der Waals surface area (Å²) in [6, 6.07) is 15.9. The van der Waals surface area contributed by atoms with Crippen molar-refractivity contribution in [3.63, 3.8) is 0 Å².